The van der Waals surface area contributed by atoms with Crippen molar-refractivity contribution in [2.45, 2.75) is 110 Å². The van der Waals surface area contributed by atoms with Crippen molar-refractivity contribution in [1.82, 2.24) is 5.16 Å². The molecule has 4 rings (SSSR count). The van der Waals surface area contributed by atoms with Gasteiger partial charge < -0.3 is 14.9 Å². The SMILES string of the molecule is Cc1ccc(NC(=O)CC(CCCCC(=O)O)c2noc(C3CC(CC(C)C)C3)c2C2CC2)c(C)c1. The summed E-state index contributed by atoms with van der Waals surface area (Å²) in [5, 5.41) is 16.8. The highest BCUT2D eigenvalue weighted by Gasteiger charge is 2.41. The van der Waals surface area contributed by atoms with Crippen molar-refractivity contribution in [2.75, 3.05) is 5.32 Å². The van der Waals surface area contributed by atoms with Crippen LogP contribution in [0.5, 0.6) is 0 Å². The first-order chi connectivity index (χ1) is 17.2. The first kappa shape index (κ1) is 26.4. The topological polar surface area (TPSA) is 92.4 Å². The van der Waals surface area contributed by atoms with Crippen LogP contribution in [0.25, 0.3) is 0 Å². The van der Waals surface area contributed by atoms with E-state index in [-0.39, 0.29) is 18.2 Å². The highest BCUT2D eigenvalue weighted by Crippen LogP contribution is 2.52. The molecule has 0 spiro atoms. The molecule has 2 aromatic rings. The molecule has 2 aliphatic carbocycles. The van der Waals surface area contributed by atoms with Crippen LogP contribution in [-0.2, 0) is 9.59 Å². The number of amides is 1. The van der Waals surface area contributed by atoms with Gasteiger partial charge in [-0.05, 0) is 88.2 Å². The van der Waals surface area contributed by atoms with Gasteiger partial charge >= 0.3 is 5.97 Å². The van der Waals surface area contributed by atoms with Crippen LogP contribution < -0.4 is 5.32 Å². The standard InChI is InChI=1S/C30H42N2O4/c1-18(2)13-21-15-24(16-21)30-28(22-10-11-22)29(32-36-30)23(7-5-6-8-27(34)35)17-26(33)31-25-12-9-19(3)14-20(25)4/h9,12,14,18,21-24H,5-8,10-11,13,15-17H2,1-4H3,(H,31,33)(H,34,35). The maximum absolute atomic E-state index is 13.2. The molecule has 196 valence electrons. The van der Waals surface area contributed by atoms with Crippen LogP contribution in [0.1, 0.15) is 124 Å². The maximum Gasteiger partial charge on any atom is 0.303 e. The van der Waals surface area contributed by atoms with E-state index in [9.17, 15) is 9.59 Å². The van der Waals surface area contributed by atoms with Crippen molar-refractivity contribution in [2.24, 2.45) is 11.8 Å². The quantitative estimate of drug-likeness (QED) is 0.282. The lowest BCUT2D eigenvalue weighted by Crippen LogP contribution is -2.24. The molecule has 6 heteroatoms. The molecular weight excluding hydrogens is 452 g/mol. The summed E-state index contributed by atoms with van der Waals surface area (Å²) < 4.78 is 6.04. The van der Waals surface area contributed by atoms with Gasteiger partial charge in [-0.1, -0.05) is 43.1 Å². The van der Waals surface area contributed by atoms with Crippen molar-refractivity contribution in [3.05, 3.63) is 46.3 Å². The van der Waals surface area contributed by atoms with E-state index in [1.807, 2.05) is 26.0 Å². The summed E-state index contributed by atoms with van der Waals surface area (Å²) in [4.78, 5) is 24.2. The Morgan fingerprint density at radius 3 is 2.53 bits per heavy atom. The number of carboxylic acids is 1. The third-order valence-corrected chi connectivity index (χ3v) is 7.85. The van der Waals surface area contributed by atoms with Gasteiger partial charge in [0, 0.05) is 35.9 Å². The maximum atomic E-state index is 13.2. The first-order valence-corrected chi connectivity index (χ1v) is 13.8. The average Bonchev–Trinajstić information content (AvgIpc) is 3.53. The largest absolute Gasteiger partial charge is 0.481 e. The smallest absolute Gasteiger partial charge is 0.303 e. The molecule has 1 heterocycles. The zero-order chi connectivity index (χ0) is 25.8. The molecule has 2 aliphatic rings. The zero-order valence-electron chi connectivity index (χ0n) is 22.3. The van der Waals surface area contributed by atoms with E-state index in [1.165, 1.54) is 24.8 Å². The van der Waals surface area contributed by atoms with Gasteiger partial charge in [0.05, 0.1) is 5.69 Å². The first-order valence-electron chi connectivity index (χ1n) is 13.8. The average molecular weight is 495 g/mol. The number of nitrogens with one attached hydrogen (secondary N) is 1. The van der Waals surface area contributed by atoms with E-state index in [4.69, 9.17) is 9.63 Å². The van der Waals surface area contributed by atoms with Crippen molar-refractivity contribution in [1.29, 1.82) is 0 Å². The summed E-state index contributed by atoms with van der Waals surface area (Å²) in [6, 6.07) is 6.03. The zero-order valence-corrected chi connectivity index (χ0v) is 22.3. The molecule has 2 N–H and O–H groups in total. The van der Waals surface area contributed by atoms with Crippen LogP contribution in [0, 0.1) is 25.7 Å². The van der Waals surface area contributed by atoms with Gasteiger partial charge in [0.25, 0.3) is 0 Å². The number of carbonyl (C=O) groups excluding carboxylic acids is 1. The van der Waals surface area contributed by atoms with Gasteiger partial charge in [0.1, 0.15) is 5.76 Å². The number of hydrogen-bond acceptors (Lipinski definition) is 4. The Hall–Kier alpha value is -2.63. The molecule has 0 saturated heterocycles. The second-order valence-corrected chi connectivity index (χ2v) is 11.7. The van der Waals surface area contributed by atoms with Gasteiger partial charge in [-0.2, -0.15) is 0 Å². The van der Waals surface area contributed by atoms with Gasteiger partial charge in [-0.15, -0.1) is 0 Å². The van der Waals surface area contributed by atoms with E-state index in [1.54, 1.807) is 0 Å². The summed E-state index contributed by atoms with van der Waals surface area (Å²) in [5.74, 6) is 2.62. The predicted octanol–water partition coefficient (Wildman–Crippen LogP) is 7.47. The number of hydrogen-bond donors (Lipinski definition) is 2. The van der Waals surface area contributed by atoms with Crippen LogP contribution in [0.2, 0.25) is 0 Å². The Morgan fingerprint density at radius 2 is 1.89 bits per heavy atom. The molecule has 6 nitrogen and oxygen atoms in total. The fourth-order valence-electron chi connectivity index (χ4n) is 5.88. The molecule has 2 fully saturated rings. The summed E-state index contributed by atoms with van der Waals surface area (Å²) in [7, 11) is 0. The Balaban J connectivity index is 1.50. The van der Waals surface area contributed by atoms with Gasteiger partial charge in [0.15, 0.2) is 0 Å². The van der Waals surface area contributed by atoms with Crippen LogP contribution in [0.4, 0.5) is 5.69 Å². The van der Waals surface area contributed by atoms with Crippen molar-refractivity contribution >= 4 is 17.6 Å². The lowest BCUT2D eigenvalue weighted by molar-refractivity contribution is -0.137. The van der Waals surface area contributed by atoms with E-state index in [0.717, 1.165) is 65.8 Å². The fourth-order valence-corrected chi connectivity index (χ4v) is 5.88. The lowest BCUT2D eigenvalue weighted by Gasteiger charge is -2.35. The van der Waals surface area contributed by atoms with Crippen molar-refractivity contribution in [3.8, 4) is 0 Å². The second kappa shape index (κ2) is 11.6. The number of aromatic nitrogens is 1. The van der Waals surface area contributed by atoms with E-state index < -0.39 is 5.97 Å². The van der Waals surface area contributed by atoms with Crippen molar-refractivity contribution in [3.63, 3.8) is 0 Å². The summed E-state index contributed by atoms with van der Waals surface area (Å²) >= 11 is 0. The number of carbonyl (C=O) groups is 2. The van der Waals surface area contributed by atoms with Gasteiger partial charge in [-0.3, -0.25) is 9.59 Å². The van der Waals surface area contributed by atoms with Crippen LogP contribution in [0.15, 0.2) is 22.7 Å². The number of nitrogens with zero attached hydrogens (tertiary/aromatic N) is 1. The highest BCUT2D eigenvalue weighted by atomic mass is 16.5. The Bertz CT molecular complexity index is 1060. The number of carboxylic acid groups (broad SMARTS) is 1. The van der Waals surface area contributed by atoms with Crippen molar-refractivity contribution < 1.29 is 19.2 Å². The minimum Gasteiger partial charge on any atom is -0.481 e. The summed E-state index contributed by atoms with van der Waals surface area (Å²) in [5.41, 5.74) is 5.27. The predicted molar refractivity (Wildman–Crippen MR) is 141 cm³/mol. The fraction of sp³-hybridized carbons (Fsp3) is 0.633. The van der Waals surface area contributed by atoms with E-state index in [2.05, 4.69) is 30.4 Å². The molecule has 1 aromatic heterocycles. The number of aryl methyl sites for hydroxylation is 2. The minimum atomic E-state index is -0.775. The molecule has 36 heavy (non-hydrogen) atoms. The molecule has 2 saturated carbocycles. The third-order valence-electron chi connectivity index (χ3n) is 7.85. The molecule has 1 unspecified atom stereocenters. The Morgan fingerprint density at radius 1 is 1.14 bits per heavy atom. The minimum absolute atomic E-state index is 0.0304. The normalized spacial score (nSPS) is 20.2. The monoisotopic (exact) mass is 494 g/mol. The highest BCUT2D eigenvalue weighted by molar-refractivity contribution is 5.92. The number of benzene rings is 1. The summed E-state index contributed by atoms with van der Waals surface area (Å²) in [6.07, 6.45) is 8.49. The molecule has 1 aromatic carbocycles. The lowest BCUT2D eigenvalue weighted by atomic mass is 9.69. The molecular formula is C30H42N2O4. The van der Waals surface area contributed by atoms with Crippen LogP contribution in [-0.4, -0.2) is 22.1 Å². The Kier molecular flexibility index (Phi) is 8.53. The van der Waals surface area contributed by atoms with Crippen LogP contribution in [0.3, 0.4) is 0 Å². The number of rotatable bonds is 13. The number of unbranched alkanes of at least 4 members (excludes halogenated alkanes) is 1. The second-order valence-electron chi connectivity index (χ2n) is 11.7. The van der Waals surface area contributed by atoms with Crippen LogP contribution >= 0.6 is 0 Å². The number of anilines is 1. The van der Waals surface area contributed by atoms with Gasteiger partial charge in [-0.25, -0.2) is 0 Å². The molecule has 1 amide bonds. The summed E-state index contributed by atoms with van der Waals surface area (Å²) in [6.45, 7) is 8.62. The molecule has 1 atom stereocenters. The van der Waals surface area contributed by atoms with E-state index >= 15 is 0 Å². The molecule has 0 bridgehead atoms. The van der Waals surface area contributed by atoms with Gasteiger partial charge in [0.2, 0.25) is 5.91 Å². The molecule has 0 aliphatic heterocycles. The number of aliphatic carboxylic acids is 1. The van der Waals surface area contributed by atoms with E-state index in [0.29, 0.717) is 24.7 Å². The third kappa shape index (κ3) is 6.77. The Labute approximate surface area is 215 Å². The molecule has 0 radical (unpaired) electrons.